The molecule has 102 valence electrons. The lowest BCUT2D eigenvalue weighted by Gasteiger charge is -2.19. The quantitative estimate of drug-likeness (QED) is 0.846. The molecule has 1 aromatic heterocycles. The second-order valence-corrected chi connectivity index (χ2v) is 6.76. The highest BCUT2D eigenvalue weighted by Gasteiger charge is 2.21. The Morgan fingerprint density at radius 2 is 2.11 bits per heavy atom. The Kier molecular flexibility index (Phi) is 4.90. The molecule has 1 heterocycles. The number of thiophene rings is 1. The molecule has 0 spiro atoms. The molecule has 2 rings (SSSR count). The number of aryl methyl sites for hydroxylation is 1. The molecule has 2 nitrogen and oxygen atoms in total. The summed E-state index contributed by atoms with van der Waals surface area (Å²) in [6.07, 6.45) is 0. The van der Waals surface area contributed by atoms with Crippen molar-refractivity contribution in [3.63, 3.8) is 0 Å². The zero-order valence-electron chi connectivity index (χ0n) is 11.0. The maximum absolute atomic E-state index is 6.12. The van der Waals surface area contributed by atoms with Crippen LogP contribution in [0.4, 0.5) is 0 Å². The molecular formula is C14H15BrClNOS. The summed E-state index contributed by atoms with van der Waals surface area (Å²) in [7, 11) is 3.61. The Balaban J connectivity index is 2.53. The van der Waals surface area contributed by atoms with E-state index in [0.29, 0.717) is 5.02 Å². The van der Waals surface area contributed by atoms with Gasteiger partial charge in [-0.25, -0.2) is 0 Å². The second-order valence-electron chi connectivity index (χ2n) is 4.18. The van der Waals surface area contributed by atoms with Crippen molar-refractivity contribution in [2.45, 2.75) is 13.0 Å². The van der Waals surface area contributed by atoms with Crippen LogP contribution >= 0.6 is 38.9 Å². The molecule has 19 heavy (non-hydrogen) atoms. The van der Waals surface area contributed by atoms with E-state index in [1.165, 1.54) is 9.75 Å². The molecule has 0 amide bonds. The summed E-state index contributed by atoms with van der Waals surface area (Å²) in [6, 6.07) is 7.87. The lowest BCUT2D eigenvalue weighted by Crippen LogP contribution is -2.17. The van der Waals surface area contributed by atoms with E-state index in [-0.39, 0.29) is 6.04 Å². The smallest absolute Gasteiger partial charge is 0.124 e. The molecule has 5 heteroatoms. The van der Waals surface area contributed by atoms with Gasteiger partial charge in [-0.05, 0) is 54.2 Å². The van der Waals surface area contributed by atoms with E-state index in [1.54, 1.807) is 18.4 Å². The third-order valence-electron chi connectivity index (χ3n) is 2.89. The van der Waals surface area contributed by atoms with E-state index in [9.17, 15) is 0 Å². The second kappa shape index (κ2) is 6.27. The van der Waals surface area contributed by atoms with Crippen molar-refractivity contribution >= 4 is 38.9 Å². The predicted octanol–water partition coefficient (Wildman–Crippen LogP) is 4.79. The van der Waals surface area contributed by atoms with Crippen LogP contribution in [0.25, 0.3) is 0 Å². The van der Waals surface area contributed by atoms with E-state index >= 15 is 0 Å². The molecule has 0 radical (unpaired) electrons. The Morgan fingerprint density at radius 3 is 2.63 bits per heavy atom. The van der Waals surface area contributed by atoms with Crippen LogP contribution in [0.5, 0.6) is 5.75 Å². The summed E-state index contributed by atoms with van der Waals surface area (Å²) in [5.41, 5.74) is 1.04. The number of methoxy groups -OCH3 is 1. The molecule has 0 fully saturated rings. The highest BCUT2D eigenvalue weighted by molar-refractivity contribution is 9.10. The van der Waals surface area contributed by atoms with Gasteiger partial charge in [0, 0.05) is 24.8 Å². The first-order valence-corrected chi connectivity index (χ1v) is 7.82. The van der Waals surface area contributed by atoms with Gasteiger partial charge in [0.05, 0.1) is 13.2 Å². The average molecular weight is 361 g/mol. The van der Waals surface area contributed by atoms with Gasteiger partial charge < -0.3 is 10.1 Å². The van der Waals surface area contributed by atoms with Crippen molar-refractivity contribution in [1.29, 1.82) is 0 Å². The van der Waals surface area contributed by atoms with Gasteiger partial charge in [0.2, 0.25) is 0 Å². The molecule has 0 saturated heterocycles. The summed E-state index contributed by atoms with van der Waals surface area (Å²) >= 11 is 11.5. The minimum atomic E-state index is 0.0572. The van der Waals surface area contributed by atoms with Crippen molar-refractivity contribution in [1.82, 2.24) is 5.32 Å². The van der Waals surface area contributed by atoms with Crippen LogP contribution in [-0.4, -0.2) is 14.2 Å². The van der Waals surface area contributed by atoms with Gasteiger partial charge >= 0.3 is 0 Å². The minimum absolute atomic E-state index is 0.0572. The van der Waals surface area contributed by atoms with Gasteiger partial charge in [0.25, 0.3) is 0 Å². The van der Waals surface area contributed by atoms with Gasteiger partial charge in [-0.15, -0.1) is 11.3 Å². The van der Waals surface area contributed by atoms with E-state index < -0.39 is 0 Å². The zero-order valence-corrected chi connectivity index (χ0v) is 14.1. The Morgan fingerprint density at radius 1 is 1.37 bits per heavy atom. The fourth-order valence-electron chi connectivity index (χ4n) is 2.06. The third kappa shape index (κ3) is 3.14. The van der Waals surface area contributed by atoms with Crippen molar-refractivity contribution in [3.8, 4) is 5.75 Å². The average Bonchev–Trinajstić information content (AvgIpc) is 2.70. The molecule has 0 aliphatic carbocycles. The molecule has 1 unspecified atom stereocenters. The van der Waals surface area contributed by atoms with E-state index in [4.69, 9.17) is 16.3 Å². The highest BCUT2D eigenvalue weighted by Crippen LogP contribution is 2.39. The van der Waals surface area contributed by atoms with Crippen molar-refractivity contribution < 1.29 is 4.74 Å². The molecule has 0 bridgehead atoms. The molecule has 0 aliphatic rings. The number of ether oxygens (including phenoxy) is 1. The zero-order chi connectivity index (χ0) is 14.0. The van der Waals surface area contributed by atoms with Crippen LogP contribution < -0.4 is 10.1 Å². The molecule has 1 aromatic carbocycles. The lowest BCUT2D eigenvalue weighted by atomic mass is 10.0. The standard InChI is InChI=1S/C14H15BrClNOS/c1-8-6-11(15)14(19-8)13(17-2)10-7-9(16)4-5-12(10)18-3/h4-7,13,17H,1-3H3. The van der Waals surface area contributed by atoms with Crippen LogP contribution in [0.15, 0.2) is 28.7 Å². The predicted molar refractivity (Wildman–Crippen MR) is 85.7 cm³/mol. The Hall–Kier alpha value is -0.550. The number of hydrogen-bond donors (Lipinski definition) is 1. The largest absolute Gasteiger partial charge is 0.496 e. The maximum atomic E-state index is 6.12. The van der Waals surface area contributed by atoms with Gasteiger partial charge in [0.15, 0.2) is 0 Å². The summed E-state index contributed by atoms with van der Waals surface area (Å²) in [5.74, 6) is 0.835. The van der Waals surface area contributed by atoms with Crippen LogP contribution in [0.2, 0.25) is 5.02 Å². The van der Waals surface area contributed by atoms with E-state index in [0.717, 1.165) is 15.8 Å². The van der Waals surface area contributed by atoms with Crippen molar-refractivity contribution in [3.05, 3.63) is 49.1 Å². The van der Waals surface area contributed by atoms with Crippen molar-refractivity contribution in [2.24, 2.45) is 0 Å². The summed E-state index contributed by atoms with van der Waals surface area (Å²) in [4.78, 5) is 2.49. The Labute approximate surface area is 130 Å². The first-order chi connectivity index (χ1) is 9.06. The first-order valence-electron chi connectivity index (χ1n) is 5.83. The van der Waals surface area contributed by atoms with Gasteiger partial charge in [-0.3, -0.25) is 0 Å². The van der Waals surface area contributed by atoms with Crippen molar-refractivity contribution in [2.75, 3.05) is 14.2 Å². The number of benzene rings is 1. The fourth-order valence-corrected chi connectivity index (χ4v) is 4.25. The van der Waals surface area contributed by atoms with Crippen LogP contribution in [0.1, 0.15) is 21.4 Å². The normalized spacial score (nSPS) is 12.5. The number of rotatable bonds is 4. The summed E-state index contributed by atoms with van der Waals surface area (Å²) in [6.45, 7) is 2.10. The first kappa shape index (κ1) is 14.9. The number of halogens is 2. The topological polar surface area (TPSA) is 21.3 Å². The third-order valence-corrected chi connectivity index (χ3v) is 5.16. The molecule has 1 N–H and O–H groups in total. The van der Waals surface area contributed by atoms with Gasteiger partial charge in [-0.1, -0.05) is 11.6 Å². The molecular weight excluding hydrogens is 346 g/mol. The van der Waals surface area contributed by atoms with E-state index in [1.807, 2.05) is 25.2 Å². The number of hydrogen-bond acceptors (Lipinski definition) is 3. The van der Waals surface area contributed by atoms with Crippen LogP contribution in [0.3, 0.4) is 0 Å². The van der Waals surface area contributed by atoms with Crippen LogP contribution in [0, 0.1) is 6.92 Å². The monoisotopic (exact) mass is 359 g/mol. The highest BCUT2D eigenvalue weighted by atomic mass is 79.9. The lowest BCUT2D eigenvalue weighted by molar-refractivity contribution is 0.405. The SMILES string of the molecule is CNC(c1cc(Cl)ccc1OC)c1sc(C)cc1Br. The maximum Gasteiger partial charge on any atom is 0.124 e. The van der Waals surface area contributed by atoms with Gasteiger partial charge in [-0.2, -0.15) is 0 Å². The minimum Gasteiger partial charge on any atom is -0.496 e. The molecule has 1 atom stereocenters. The van der Waals surface area contributed by atoms with E-state index in [2.05, 4.69) is 34.2 Å². The van der Waals surface area contributed by atoms with Crippen LogP contribution in [-0.2, 0) is 0 Å². The Bertz CT molecular complexity index is 585. The summed E-state index contributed by atoms with van der Waals surface area (Å²) in [5, 5.41) is 4.04. The summed E-state index contributed by atoms with van der Waals surface area (Å²) < 4.78 is 6.55. The number of nitrogens with one attached hydrogen (secondary N) is 1. The fraction of sp³-hybridized carbons (Fsp3) is 0.286. The van der Waals surface area contributed by atoms with Gasteiger partial charge in [0.1, 0.15) is 5.75 Å². The molecule has 0 aliphatic heterocycles. The molecule has 2 aromatic rings. The molecule has 0 saturated carbocycles.